The number of benzene rings is 1. The molecule has 2 heterocycles. The monoisotopic (exact) mass is 487 g/mol. The number of carbonyl (C=O) groups is 1. The number of carbonyl (C=O) groups excluding carboxylic acids is 1. The molecule has 1 fully saturated rings. The Morgan fingerprint density at radius 2 is 1.93 bits per heavy atom. The molecule has 28 heavy (non-hydrogen) atoms. The smallest absolute Gasteiger partial charge is 0.256 e. The maximum atomic E-state index is 13.1. The van der Waals surface area contributed by atoms with Crippen molar-refractivity contribution in [2.75, 3.05) is 18.4 Å². The number of pyridine rings is 1. The fraction of sp³-hybridized carbons (Fsp3) is 0.333. The van der Waals surface area contributed by atoms with Gasteiger partial charge in [-0.3, -0.25) is 4.79 Å². The van der Waals surface area contributed by atoms with E-state index in [0.717, 1.165) is 4.47 Å². The van der Waals surface area contributed by atoms with Crippen molar-refractivity contribution in [2.24, 2.45) is 0 Å². The van der Waals surface area contributed by atoms with Crippen LogP contribution in [0.4, 0.5) is 5.82 Å². The number of hydrogen-bond acceptors (Lipinski definition) is 5. The van der Waals surface area contributed by atoms with Gasteiger partial charge in [0.2, 0.25) is 10.0 Å². The van der Waals surface area contributed by atoms with Crippen LogP contribution in [0.1, 0.15) is 24.2 Å². The first-order chi connectivity index (χ1) is 13.2. The van der Waals surface area contributed by atoms with Gasteiger partial charge in [0.25, 0.3) is 5.91 Å². The Labute approximate surface area is 177 Å². The molecule has 0 saturated carbocycles. The first-order valence-electron chi connectivity index (χ1n) is 8.55. The van der Waals surface area contributed by atoms with Crippen LogP contribution in [0.5, 0.6) is 0 Å². The molecule has 0 aliphatic carbocycles. The number of nitrogens with zero attached hydrogens (tertiary/aromatic N) is 2. The highest BCUT2D eigenvalue weighted by Crippen LogP contribution is 2.28. The van der Waals surface area contributed by atoms with E-state index in [0.29, 0.717) is 5.82 Å². The van der Waals surface area contributed by atoms with Crippen LogP contribution >= 0.6 is 27.5 Å². The number of ether oxygens (including phenoxy) is 1. The van der Waals surface area contributed by atoms with Crippen molar-refractivity contribution in [3.63, 3.8) is 0 Å². The van der Waals surface area contributed by atoms with Gasteiger partial charge in [-0.25, -0.2) is 13.4 Å². The Hall–Kier alpha value is -1.52. The summed E-state index contributed by atoms with van der Waals surface area (Å²) in [5.74, 6) is -0.130. The van der Waals surface area contributed by atoms with Crippen LogP contribution in [0.25, 0.3) is 0 Å². The summed E-state index contributed by atoms with van der Waals surface area (Å²) < 4.78 is 33.9. The van der Waals surface area contributed by atoms with E-state index in [-0.39, 0.29) is 40.8 Å². The standard InChI is InChI=1S/C18H19BrClN3O4S/c1-11-9-23(10-12(2)27-11)28(25,26)16-7-13(3-5-15(16)20)18(24)22-17-6-4-14(19)8-21-17/h3-8,11-12H,9-10H2,1-2H3,(H,21,22,24). The molecule has 3 rings (SSSR count). The maximum Gasteiger partial charge on any atom is 0.256 e. The van der Waals surface area contributed by atoms with Gasteiger partial charge in [-0.2, -0.15) is 4.31 Å². The van der Waals surface area contributed by atoms with Crippen LogP contribution in [0.3, 0.4) is 0 Å². The molecule has 1 aliphatic heterocycles. The number of morpholine rings is 1. The molecule has 0 radical (unpaired) electrons. The Morgan fingerprint density at radius 1 is 1.25 bits per heavy atom. The highest BCUT2D eigenvalue weighted by molar-refractivity contribution is 9.10. The largest absolute Gasteiger partial charge is 0.373 e. The fourth-order valence-electron chi connectivity index (χ4n) is 2.95. The van der Waals surface area contributed by atoms with E-state index < -0.39 is 15.9 Å². The number of rotatable bonds is 4. The minimum Gasteiger partial charge on any atom is -0.373 e. The van der Waals surface area contributed by atoms with Crippen LogP contribution in [-0.4, -0.2) is 48.9 Å². The summed E-state index contributed by atoms with van der Waals surface area (Å²) in [4.78, 5) is 16.5. The molecule has 1 saturated heterocycles. The predicted molar refractivity (Wildman–Crippen MR) is 110 cm³/mol. The zero-order valence-corrected chi connectivity index (χ0v) is 18.4. The average Bonchev–Trinajstić information content (AvgIpc) is 2.63. The number of nitrogens with one attached hydrogen (secondary N) is 1. The number of anilines is 1. The normalized spacial score (nSPS) is 20.7. The van der Waals surface area contributed by atoms with Crippen molar-refractivity contribution in [1.82, 2.24) is 9.29 Å². The van der Waals surface area contributed by atoms with E-state index in [2.05, 4.69) is 26.2 Å². The molecule has 10 heteroatoms. The van der Waals surface area contributed by atoms with Crippen LogP contribution in [0.2, 0.25) is 5.02 Å². The lowest BCUT2D eigenvalue weighted by atomic mass is 10.2. The summed E-state index contributed by atoms with van der Waals surface area (Å²) in [6.45, 7) is 4.08. The van der Waals surface area contributed by atoms with Crippen molar-refractivity contribution < 1.29 is 17.9 Å². The average molecular weight is 489 g/mol. The van der Waals surface area contributed by atoms with E-state index in [1.165, 1.54) is 22.5 Å². The maximum absolute atomic E-state index is 13.1. The van der Waals surface area contributed by atoms with Gasteiger partial charge in [0.15, 0.2) is 0 Å². The van der Waals surface area contributed by atoms with Gasteiger partial charge in [0.05, 0.1) is 17.2 Å². The molecule has 1 amide bonds. The molecule has 1 aromatic heterocycles. The number of aromatic nitrogens is 1. The van der Waals surface area contributed by atoms with Crippen LogP contribution < -0.4 is 5.32 Å². The zero-order valence-electron chi connectivity index (χ0n) is 15.2. The van der Waals surface area contributed by atoms with Gasteiger partial charge in [0, 0.05) is 29.3 Å². The number of halogens is 2. The van der Waals surface area contributed by atoms with Crippen LogP contribution in [0, 0.1) is 0 Å². The van der Waals surface area contributed by atoms with Crippen molar-refractivity contribution in [2.45, 2.75) is 31.0 Å². The van der Waals surface area contributed by atoms with E-state index in [1.807, 2.05) is 13.8 Å². The molecule has 0 spiro atoms. The number of hydrogen-bond donors (Lipinski definition) is 1. The zero-order chi connectivity index (χ0) is 20.5. The lowest BCUT2D eigenvalue weighted by molar-refractivity contribution is -0.0440. The van der Waals surface area contributed by atoms with E-state index in [4.69, 9.17) is 16.3 Å². The van der Waals surface area contributed by atoms with E-state index >= 15 is 0 Å². The van der Waals surface area contributed by atoms with Crippen molar-refractivity contribution in [3.8, 4) is 0 Å². The summed E-state index contributed by atoms with van der Waals surface area (Å²) in [7, 11) is -3.87. The van der Waals surface area contributed by atoms with Gasteiger partial charge in [-0.05, 0) is 60.1 Å². The molecular formula is C18H19BrClN3O4S. The molecule has 1 N–H and O–H groups in total. The lowest BCUT2D eigenvalue weighted by Gasteiger charge is -2.34. The summed E-state index contributed by atoms with van der Waals surface area (Å²) in [5, 5.41) is 2.70. The van der Waals surface area contributed by atoms with Gasteiger partial charge < -0.3 is 10.1 Å². The predicted octanol–water partition coefficient (Wildman–Crippen LogP) is 3.55. The summed E-state index contributed by atoms with van der Waals surface area (Å²) in [6, 6.07) is 7.54. The second-order valence-corrected chi connectivity index (χ2v) is 9.77. The molecule has 2 aromatic rings. The second kappa shape index (κ2) is 8.46. The first-order valence-corrected chi connectivity index (χ1v) is 11.2. The second-order valence-electron chi connectivity index (χ2n) is 6.54. The molecule has 1 aromatic carbocycles. The molecule has 7 nitrogen and oxygen atoms in total. The lowest BCUT2D eigenvalue weighted by Crippen LogP contribution is -2.48. The molecule has 2 unspecified atom stereocenters. The summed E-state index contributed by atoms with van der Waals surface area (Å²) in [5.41, 5.74) is 0.169. The van der Waals surface area contributed by atoms with Gasteiger partial charge >= 0.3 is 0 Å². The third-order valence-corrected chi connectivity index (χ3v) is 6.95. The Bertz CT molecular complexity index is 975. The first kappa shape index (κ1) is 21.2. The van der Waals surface area contributed by atoms with Gasteiger partial charge in [-0.15, -0.1) is 0 Å². The highest BCUT2D eigenvalue weighted by Gasteiger charge is 2.33. The Morgan fingerprint density at radius 3 is 2.54 bits per heavy atom. The Balaban J connectivity index is 1.88. The van der Waals surface area contributed by atoms with E-state index in [1.54, 1.807) is 18.3 Å². The topological polar surface area (TPSA) is 88.6 Å². The van der Waals surface area contributed by atoms with E-state index in [9.17, 15) is 13.2 Å². The van der Waals surface area contributed by atoms with Crippen LogP contribution in [0.15, 0.2) is 45.9 Å². The molecule has 150 valence electrons. The molecular weight excluding hydrogens is 470 g/mol. The van der Waals surface area contributed by atoms with Gasteiger partial charge in [-0.1, -0.05) is 11.6 Å². The van der Waals surface area contributed by atoms with Crippen molar-refractivity contribution >= 4 is 49.3 Å². The summed E-state index contributed by atoms with van der Waals surface area (Å²) >= 11 is 9.44. The SMILES string of the molecule is CC1CN(S(=O)(=O)c2cc(C(=O)Nc3ccc(Br)cn3)ccc2Cl)CC(C)O1. The molecule has 2 atom stereocenters. The van der Waals surface area contributed by atoms with Gasteiger partial charge in [0.1, 0.15) is 10.7 Å². The third-order valence-electron chi connectivity index (χ3n) is 4.17. The van der Waals surface area contributed by atoms with Crippen LogP contribution in [-0.2, 0) is 14.8 Å². The highest BCUT2D eigenvalue weighted by atomic mass is 79.9. The molecule has 0 bridgehead atoms. The quantitative estimate of drug-likeness (QED) is 0.711. The van der Waals surface area contributed by atoms with Crippen molar-refractivity contribution in [3.05, 3.63) is 51.6 Å². The Kier molecular flexibility index (Phi) is 6.41. The van der Waals surface area contributed by atoms with Crippen molar-refractivity contribution in [1.29, 1.82) is 0 Å². The summed E-state index contributed by atoms with van der Waals surface area (Å²) in [6.07, 6.45) is 1.09. The minimum absolute atomic E-state index is 0.0603. The molecule has 1 aliphatic rings. The number of amides is 1. The third kappa shape index (κ3) is 4.72. The minimum atomic E-state index is -3.87. The fourth-order valence-corrected chi connectivity index (χ4v) is 5.27. The number of sulfonamides is 1.